The first-order chi connectivity index (χ1) is 14.7. The summed E-state index contributed by atoms with van der Waals surface area (Å²) in [5.74, 6) is 1.25. The number of rotatable bonds is 6. The van der Waals surface area contributed by atoms with Gasteiger partial charge >= 0.3 is 0 Å². The molecule has 0 fully saturated rings. The molecule has 152 valence electrons. The van der Waals surface area contributed by atoms with Gasteiger partial charge in [0.05, 0.1) is 0 Å². The molecule has 1 heterocycles. The van der Waals surface area contributed by atoms with Crippen molar-refractivity contribution in [2.75, 3.05) is 23.8 Å². The molecule has 30 heavy (non-hydrogen) atoms. The van der Waals surface area contributed by atoms with E-state index in [-0.39, 0.29) is 11.9 Å². The highest BCUT2D eigenvalue weighted by molar-refractivity contribution is 6.02. The summed E-state index contributed by atoms with van der Waals surface area (Å²) in [5.41, 5.74) is 3.84. The maximum atomic E-state index is 12.3. The molecular formula is C25H24N2O3. The predicted molar refractivity (Wildman–Crippen MR) is 120 cm³/mol. The number of carbonyl (C=O) groups is 1. The van der Waals surface area contributed by atoms with Gasteiger partial charge in [-0.1, -0.05) is 36.4 Å². The number of ether oxygens (including phenoxy) is 2. The zero-order chi connectivity index (χ0) is 20.8. The quantitative estimate of drug-likeness (QED) is 0.553. The summed E-state index contributed by atoms with van der Waals surface area (Å²) in [6.45, 7) is 3.22. The Hall–Kier alpha value is -3.73. The summed E-state index contributed by atoms with van der Waals surface area (Å²) in [4.78, 5) is 12.3. The van der Waals surface area contributed by atoms with E-state index in [1.807, 2.05) is 60.7 Å². The van der Waals surface area contributed by atoms with Gasteiger partial charge in [-0.3, -0.25) is 4.79 Å². The van der Waals surface area contributed by atoms with Crippen LogP contribution in [-0.2, 0) is 4.79 Å². The summed E-state index contributed by atoms with van der Waals surface area (Å²) in [7, 11) is 0. The number of hydrogen-bond acceptors (Lipinski definition) is 4. The molecule has 0 aromatic heterocycles. The number of fused-ring (bicyclic) bond motifs is 1. The molecule has 5 nitrogen and oxygen atoms in total. The topological polar surface area (TPSA) is 59.6 Å². The average Bonchev–Trinajstić information content (AvgIpc) is 2.79. The smallest absolute Gasteiger partial charge is 0.248 e. The van der Waals surface area contributed by atoms with Crippen LogP contribution in [0.15, 0.2) is 78.9 Å². The van der Waals surface area contributed by atoms with E-state index in [1.165, 1.54) is 11.6 Å². The molecule has 3 aromatic carbocycles. The highest BCUT2D eigenvalue weighted by Crippen LogP contribution is 2.31. The second-order valence-corrected chi connectivity index (χ2v) is 7.08. The van der Waals surface area contributed by atoms with Crippen molar-refractivity contribution in [2.24, 2.45) is 0 Å². The Morgan fingerprint density at radius 3 is 2.37 bits per heavy atom. The minimum atomic E-state index is -0.191. The molecule has 1 unspecified atom stereocenters. The van der Waals surface area contributed by atoms with Crippen LogP contribution in [0.1, 0.15) is 24.1 Å². The number of anilines is 2. The third-order valence-electron chi connectivity index (χ3n) is 4.83. The van der Waals surface area contributed by atoms with E-state index < -0.39 is 0 Å². The molecule has 4 rings (SSSR count). The van der Waals surface area contributed by atoms with E-state index in [9.17, 15) is 4.79 Å². The fourth-order valence-corrected chi connectivity index (χ4v) is 3.24. The van der Waals surface area contributed by atoms with Gasteiger partial charge in [-0.05, 0) is 60.5 Å². The molecule has 1 aliphatic rings. The molecule has 0 bridgehead atoms. The van der Waals surface area contributed by atoms with Crippen molar-refractivity contribution in [3.05, 3.63) is 90.0 Å². The number of carbonyl (C=O) groups excluding carboxylic acids is 1. The first-order valence-electron chi connectivity index (χ1n) is 9.98. The lowest BCUT2D eigenvalue weighted by Crippen LogP contribution is -2.15. The van der Waals surface area contributed by atoms with Gasteiger partial charge in [-0.25, -0.2) is 0 Å². The molecule has 0 saturated heterocycles. The van der Waals surface area contributed by atoms with Crippen LogP contribution in [0.25, 0.3) is 6.08 Å². The summed E-state index contributed by atoms with van der Waals surface area (Å²) in [6.07, 6.45) is 3.26. The van der Waals surface area contributed by atoms with Gasteiger partial charge in [0.25, 0.3) is 0 Å². The van der Waals surface area contributed by atoms with Crippen LogP contribution in [-0.4, -0.2) is 19.1 Å². The fourth-order valence-electron chi connectivity index (χ4n) is 3.24. The average molecular weight is 400 g/mol. The standard InChI is InChI=1S/C25H24N2O3/c1-18(20-5-3-2-4-6-20)26-21-9-11-22(12-10-21)27-25(28)14-8-19-7-13-23-24(17-19)30-16-15-29-23/h2-14,17-18,26H,15-16H2,1H3,(H,27,28)/b14-8+. The highest BCUT2D eigenvalue weighted by atomic mass is 16.6. The first kappa shape index (κ1) is 19.6. The Balaban J connectivity index is 1.33. The Morgan fingerprint density at radius 1 is 0.900 bits per heavy atom. The van der Waals surface area contributed by atoms with Crippen LogP contribution < -0.4 is 20.1 Å². The molecule has 0 saturated carbocycles. The van der Waals surface area contributed by atoms with E-state index in [4.69, 9.17) is 9.47 Å². The van der Waals surface area contributed by atoms with Gasteiger partial charge in [-0.2, -0.15) is 0 Å². The summed E-state index contributed by atoms with van der Waals surface area (Å²) >= 11 is 0. The Kier molecular flexibility index (Phi) is 5.99. The maximum Gasteiger partial charge on any atom is 0.248 e. The van der Waals surface area contributed by atoms with Crippen molar-refractivity contribution >= 4 is 23.4 Å². The molecule has 0 radical (unpaired) electrons. The van der Waals surface area contributed by atoms with Gasteiger partial charge < -0.3 is 20.1 Å². The Labute approximate surface area is 176 Å². The summed E-state index contributed by atoms with van der Waals surface area (Å²) < 4.78 is 11.1. The lowest BCUT2D eigenvalue weighted by Gasteiger charge is -2.18. The first-order valence-corrected chi connectivity index (χ1v) is 9.98. The molecular weight excluding hydrogens is 376 g/mol. The van der Waals surface area contributed by atoms with Crippen LogP contribution in [0.5, 0.6) is 11.5 Å². The van der Waals surface area contributed by atoms with E-state index in [2.05, 4.69) is 29.7 Å². The molecule has 1 amide bonds. The third-order valence-corrected chi connectivity index (χ3v) is 4.83. The predicted octanol–water partition coefficient (Wildman–Crippen LogP) is 5.28. The monoisotopic (exact) mass is 400 g/mol. The number of nitrogens with one attached hydrogen (secondary N) is 2. The van der Waals surface area contributed by atoms with E-state index in [0.29, 0.717) is 19.0 Å². The van der Waals surface area contributed by atoms with E-state index >= 15 is 0 Å². The Bertz CT molecular complexity index is 1030. The molecule has 2 N–H and O–H groups in total. The van der Waals surface area contributed by atoms with Gasteiger partial charge in [-0.15, -0.1) is 0 Å². The number of hydrogen-bond donors (Lipinski definition) is 2. The van der Waals surface area contributed by atoms with Crippen molar-refractivity contribution in [3.8, 4) is 11.5 Å². The van der Waals surface area contributed by atoms with Gasteiger partial charge in [0, 0.05) is 23.5 Å². The number of amides is 1. The van der Waals surface area contributed by atoms with Crippen molar-refractivity contribution in [1.29, 1.82) is 0 Å². The second kappa shape index (κ2) is 9.18. The van der Waals surface area contributed by atoms with E-state index in [0.717, 1.165) is 22.7 Å². The van der Waals surface area contributed by atoms with Crippen LogP contribution >= 0.6 is 0 Å². The minimum Gasteiger partial charge on any atom is -0.486 e. The second-order valence-electron chi connectivity index (χ2n) is 7.08. The lowest BCUT2D eigenvalue weighted by molar-refractivity contribution is -0.111. The molecule has 3 aromatic rings. The number of benzene rings is 3. The van der Waals surface area contributed by atoms with Gasteiger partial charge in [0.1, 0.15) is 13.2 Å². The summed E-state index contributed by atoms with van der Waals surface area (Å²) in [5, 5.41) is 6.34. The molecule has 0 aliphatic carbocycles. The third kappa shape index (κ3) is 5.00. The molecule has 5 heteroatoms. The Morgan fingerprint density at radius 2 is 1.60 bits per heavy atom. The zero-order valence-corrected chi connectivity index (χ0v) is 16.8. The normalized spacial score (nSPS) is 13.6. The van der Waals surface area contributed by atoms with E-state index in [1.54, 1.807) is 6.08 Å². The largest absolute Gasteiger partial charge is 0.486 e. The zero-order valence-electron chi connectivity index (χ0n) is 16.8. The van der Waals surface area contributed by atoms with Crippen molar-refractivity contribution < 1.29 is 14.3 Å². The van der Waals surface area contributed by atoms with Crippen LogP contribution in [0.2, 0.25) is 0 Å². The molecule has 0 spiro atoms. The van der Waals surface area contributed by atoms with Crippen molar-refractivity contribution in [3.63, 3.8) is 0 Å². The van der Waals surface area contributed by atoms with Crippen LogP contribution in [0.3, 0.4) is 0 Å². The lowest BCUT2D eigenvalue weighted by atomic mass is 10.1. The highest BCUT2D eigenvalue weighted by Gasteiger charge is 2.11. The van der Waals surface area contributed by atoms with Crippen molar-refractivity contribution in [1.82, 2.24) is 0 Å². The minimum absolute atomic E-state index is 0.191. The maximum absolute atomic E-state index is 12.3. The SMILES string of the molecule is CC(Nc1ccc(NC(=O)/C=C/c2ccc3c(c2)OCCO3)cc1)c1ccccc1. The molecule has 1 aliphatic heterocycles. The van der Waals surface area contributed by atoms with Crippen LogP contribution in [0.4, 0.5) is 11.4 Å². The van der Waals surface area contributed by atoms with Gasteiger partial charge in [0.15, 0.2) is 11.5 Å². The summed E-state index contributed by atoms with van der Waals surface area (Å²) in [6, 6.07) is 23.8. The molecule has 1 atom stereocenters. The van der Waals surface area contributed by atoms with Crippen LogP contribution in [0, 0.1) is 0 Å². The van der Waals surface area contributed by atoms with Crippen molar-refractivity contribution in [2.45, 2.75) is 13.0 Å². The van der Waals surface area contributed by atoms with Gasteiger partial charge in [0.2, 0.25) is 5.91 Å². The fraction of sp³-hybridized carbons (Fsp3) is 0.160.